The Hall–Kier alpha value is -0.610. The predicted octanol–water partition coefficient (Wildman–Crippen LogP) is 3.39. The van der Waals surface area contributed by atoms with Gasteiger partial charge in [0, 0.05) is 6.42 Å². The van der Waals surface area contributed by atoms with E-state index >= 15 is 0 Å². The van der Waals surface area contributed by atoms with Crippen molar-refractivity contribution in [3.8, 4) is 0 Å². The highest BCUT2D eigenvalue weighted by atomic mass is 16.5. The normalized spacial score (nSPS) is 10.8. The first kappa shape index (κ1) is 20.4. The second-order valence-electron chi connectivity index (χ2n) is 5.69. The molecule has 0 atom stereocenters. The first-order valence-electron chi connectivity index (χ1n) is 8.87. The quantitative estimate of drug-likeness (QED) is 0.339. The van der Waals surface area contributed by atoms with Crippen LogP contribution in [0.1, 0.15) is 77.6 Å². The average Bonchev–Trinajstić information content (AvgIpc) is 2.49. The van der Waals surface area contributed by atoms with Gasteiger partial charge in [-0.2, -0.15) is 0 Å². The summed E-state index contributed by atoms with van der Waals surface area (Å²) in [5, 5.41) is 3.32. The molecule has 0 aliphatic rings. The maximum absolute atomic E-state index is 11.5. The number of unbranched alkanes of at least 4 members (excludes halogenated alkanes) is 7. The molecule has 0 rings (SSSR count). The molecule has 0 fully saturated rings. The SMILES string of the molecule is CCCCCCCCCC(=O)OCCCNCCCCN. The van der Waals surface area contributed by atoms with Gasteiger partial charge in [-0.3, -0.25) is 4.79 Å². The van der Waals surface area contributed by atoms with E-state index in [1.165, 1.54) is 32.1 Å². The summed E-state index contributed by atoms with van der Waals surface area (Å²) in [7, 11) is 0. The lowest BCUT2D eigenvalue weighted by atomic mass is 10.1. The van der Waals surface area contributed by atoms with Crippen LogP contribution in [0.15, 0.2) is 0 Å². The summed E-state index contributed by atoms with van der Waals surface area (Å²) in [4.78, 5) is 11.5. The van der Waals surface area contributed by atoms with E-state index in [9.17, 15) is 4.79 Å². The lowest BCUT2D eigenvalue weighted by molar-refractivity contribution is -0.143. The molecule has 0 aromatic rings. The largest absolute Gasteiger partial charge is 0.466 e. The van der Waals surface area contributed by atoms with Crippen molar-refractivity contribution in [3.05, 3.63) is 0 Å². The van der Waals surface area contributed by atoms with Gasteiger partial charge < -0.3 is 15.8 Å². The van der Waals surface area contributed by atoms with Crippen LogP contribution in [0.3, 0.4) is 0 Å². The summed E-state index contributed by atoms with van der Waals surface area (Å²) >= 11 is 0. The van der Waals surface area contributed by atoms with E-state index < -0.39 is 0 Å². The van der Waals surface area contributed by atoms with E-state index in [1.54, 1.807) is 0 Å². The number of carbonyl (C=O) groups is 1. The Morgan fingerprint density at radius 1 is 0.905 bits per heavy atom. The van der Waals surface area contributed by atoms with Gasteiger partial charge in [0.1, 0.15) is 0 Å². The molecule has 0 amide bonds. The monoisotopic (exact) mass is 300 g/mol. The van der Waals surface area contributed by atoms with Gasteiger partial charge in [0.25, 0.3) is 0 Å². The minimum atomic E-state index is -0.0355. The Balaban J connectivity index is 3.13. The van der Waals surface area contributed by atoms with Gasteiger partial charge in [0.15, 0.2) is 0 Å². The Morgan fingerprint density at radius 3 is 2.29 bits per heavy atom. The van der Waals surface area contributed by atoms with Crippen LogP contribution in [-0.4, -0.2) is 32.2 Å². The molecule has 4 nitrogen and oxygen atoms in total. The Bertz CT molecular complexity index is 223. The molecule has 0 heterocycles. The van der Waals surface area contributed by atoms with Crippen LogP contribution >= 0.6 is 0 Å². The zero-order valence-corrected chi connectivity index (χ0v) is 14.0. The van der Waals surface area contributed by atoms with Gasteiger partial charge in [0.2, 0.25) is 0 Å². The van der Waals surface area contributed by atoms with Crippen LogP contribution in [0.2, 0.25) is 0 Å². The van der Waals surface area contributed by atoms with E-state index in [1.807, 2.05) is 0 Å². The highest BCUT2D eigenvalue weighted by molar-refractivity contribution is 5.69. The molecule has 0 aromatic carbocycles. The van der Waals surface area contributed by atoms with Crippen molar-refractivity contribution in [3.63, 3.8) is 0 Å². The Labute approximate surface area is 131 Å². The summed E-state index contributed by atoms with van der Waals surface area (Å²) in [6.07, 6.45) is 12.3. The summed E-state index contributed by atoms with van der Waals surface area (Å²) in [5.41, 5.74) is 5.42. The van der Waals surface area contributed by atoms with Crippen LogP contribution in [0.25, 0.3) is 0 Å². The summed E-state index contributed by atoms with van der Waals surface area (Å²) in [5.74, 6) is -0.0355. The molecule has 0 unspecified atom stereocenters. The van der Waals surface area contributed by atoms with Crippen molar-refractivity contribution in [2.24, 2.45) is 5.73 Å². The zero-order valence-electron chi connectivity index (χ0n) is 14.0. The van der Waals surface area contributed by atoms with Gasteiger partial charge >= 0.3 is 5.97 Å². The minimum Gasteiger partial charge on any atom is -0.466 e. The number of nitrogens with one attached hydrogen (secondary N) is 1. The van der Waals surface area contributed by atoms with Gasteiger partial charge in [-0.15, -0.1) is 0 Å². The third kappa shape index (κ3) is 17.3. The molecule has 0 aliphatic heterocycles. The topological polar surface area (TPSA) is 64.3 Å². The maximum Gasteiger partial charge on any atom is 0.305 e. The highest BCUT2D eigenvalue weighted by Crippen LogP contribution is 2.08. The Morgan fingerprint density at radius 2 is 1.57 bits per heavy atom. The first-order chi connectivity index (χ1) is 10.3. The molecule has 0 saturated carbocycles. The lowest BCUT2D eigenvalue weighted by Gasteiger charge is -2.06. The van der Waals surface area contributed by atoms with Crippen molar-refractivity contribution in [1.82, 2.24) is 5.32 Å². The van der Waals surface area contributed by atoms with E-state index in [4.69, 9.17) is 10.5 Å². The fourth-order valence-electron chi connectivity index (χ4n) is 2.20. The third-order valence-corrected chi connectivity index (χ3v) is 3.55. The van der Waals surface area contributed by atoms with Crippen molar-refractivity contribution in [1.29, 1.82) is 0 Å². The molecular formula is C17H36N2O2. The van der Waals surface area contributed by atoms with Crippen LogP contribution in [0.5, 0.6) is 0 Å². The van der Waals surface area contributed by atoms with Crippen LogP contribution in [-0.2, 0) is 9.53 Å². The molecule has 0 spiro atoms. The van der Waals surface area contributed by atoms with Gasteiger partial charge in [0.05, 0.1) is 6.61 Å². The van der Waals surface area contributed by atoms with Gasteiger partial charge in [-0.1, -0.05) is 45.4 Å². The molecule has 0 radical (unpaired) electrons. The smallest absolute Gasteiger partial charge is 0.305 e. The first-order valence-corrected chi connectivity index (χ1v) is 8.87. The molecule has 0 bridgehead atoms. The average molecular weight is 300 g/mol. The van der Waals surface area contributed by atoms with Gasteiger partial charge in [-0.05, 0) is 45.3 Å². The summed E-state index contributed by atoms with van der Waals surface area (Å²) in [6.45, 7) is 5.45. The molecule has 0 aromatic heterocycles. The summed E-state index contributed by atoms with van der Waals surface area (Å²) in [6, 6.07) is 0. The molecule has 0 aliphatic carbocycles. The fraction of sp³-hybridized carbons (Fsp3) is 0.941. The van der Waals surface area contributed by atoms with E-state index in [0.717, 1.165) is 51.7 Å². The molecule has 0 saturated heterocycles. The standard InChI is InChI=1S/C17H36N2O2/c1-2-3-4-5-6-7-8-12-17(20)21-16-11-15-19-14-10-9-13-18/h19H,2-16,18H2,1H3. The van der Waals surface area contributed by atoms with Crippen molar-refractivity contribution in [2.45, 2.75) is 77.6 Å². The van der Waals surface area contributed by atoms with E-state index in [0.29, 0.717) is 13.0 Å². The second kappa shape index (κ2) is 17.4. The van der Waals surface area contributed by atoms with Crippen molar-refractivity contribution >= 4 is 5.97 Å². The lowest BCUT2D eigenvalue weighted by Crippen LogP contribution is -2.19. The van der Waals surface area contributed by atoms with Crippen LogP contribution < -0.4 is 11.1 Å². The number of rotatable bonds is 16. The third-order valence-electron chi connectivity index (χ3n) is 3.55. The molecule has 126 valence electrons. The number of carbonyl (C=O) groups excluding carboxylic acids is 1. The molecular weight excluding hydrogens is 264 g/mol. The predicted molar refractivity (Wildman–Crippen MR) is 89.3 cm³/mol. The number of nitrogens with two attached hydrogens (primary N) is 1. The molecule has 4 heteroatoms. The number of hydrogen-bond donors (Lipinski definition) is 2. The minimum absolute atomic E-state index is 0.0355. The van der Waals surface area contributed by atoms with E-state index in [-0.39, 0.29) is 5.97 Å². The van der Waals surface area contributed by atoms with Crippen molar-refractivity contribution in [2.75, 3.05) is 26.2 Å². The van der Waals surface area contributed by atoms with E-state index in [2.05, 4.69) is 12.2 Å². The molecule has 21 heavy (non-hydrogen) atoms. The molecule has 3 N–H and O–H groups in total. The fourth-order valence-corrected chi connectivity index (χ4v) is 2.20. The van der Waals surface area contributed by atoms with Gasteiger partial charge in [-0.25, -0.2) is 0 Å². The number of hydrogen-bond acceptors (Lipinski definition) is 4. The second-order valence-corrected chi connectivity index (χ2v) is 5.69. The summed E-state index contributed by atoms with van der Waals surface area (Å²) < 4.78 is 5.22. The highest BCUT2D eigenvalue weighted by Gasteiger charge is 2.02. The van der Waals surface area contributed by atoms with Crippen LogP contribution in [0, 0.1) is 0 Å². The number of ether oxygens (including phenoxy) is 1. The zero-order chi connectivity index (χ0) is 15.6. The maximum atomic E-state index is 11.5. The van der Waals surface area contributed by atoms with Crippen molar-refractivity contribution < 1.29 is 9.53 Å². The number of esters is 1. The Kier molecular flexibility index (Phi) is 16.9. The van der Waals surface area contributed by atoms with Crippen LogP contribution in [0.4, 0.5) is 0 Å².